The predicted octanol–water partition coefficient (Wildman–Crippen LogP) is 3.41. The summed E-state index contributed by atoms with van der Waals surface area (Å²) in [5.74, 6) is 0.715. The molecular weight excluding hydrogens is 284 g/mol. The highest BCUT2D eigenvalue weighted by atomic mass is 32.2. The normalized spacial score (nSPS) is 10.2. The number of anilines is 2. The van der Waals surface area contributed by atoms with Crippen molar-refractivity contribution in [2.45, 2.75) is 30.2 Å². The minimum Gasteiger partial charge on any atom is -0.369 e. The van der Waals surface area contributed by atoms with Crippen LogP contribution in [0.25, 0.3) is 0 Å². The van der Waals surface area contributed by atoms with Gasteiger partial charge in [0.15, 0.2) is 0 Å². The minimum absolute atomic E-state index is 0.0732. The number of carbonyl (C=O) groups is 1. The molecule has 0 aliphatic carbocycles. The highest BCUT2D eigenvalue weighted by molar-refractivity contribution is 7.99. The molecule has 0 atom stereocenters. The summed E-state index contributed by atoms with van der Waals surface area (Å²) >= 11 is 1.54. The van der Waals surface area contributed by atoms with Crippen molar-refractivity contribution in [3.63, 3.8) is 0 Å². The molecular formula is C15H18N4OS. The zero-order chi connectivity index (χ0) is 15.1. The number of amides is 1. The second-order valence-corrected chi connectivity index (χ2v) is 5.57. The van der Waals surface area contributed by atoms with Crippen LogP contribution in [0, 0.1) is 0 Å². The highest BCUT2D eigenvalue weighted by Gasteiger charge is 2.02. The molecule has 2 rings (SSSR count). The number of hydrogen-bond donors (Lipinski definition) is 2. The monoisotopic (exact) mass is 302 g/mol. The standard InChI is InChI=1S/C15H18N4OS/c1-3-8-17-14-9-16-10-15(19-14)21-13-6-4-12(5-7-13)18-11(2)20/h4-7,9-10H,3,8H2,1-2H3,(H,17,19)(H,18,20). The molecule has 5 nitrogen and oxygen atoms in total. The maximum Gasteiger partial charge on any atom is 0.221 e. The number of rotatable bonds is 6. The summed E-state index contributed by atoms with van der Waals surface area (Å²) < 4.78 is 0. The van der Waals surface area contributed by atoms with Gasteiger partial charge in [-0.1, -0.05) is 18.7 Å². The van der Waals surface area contributed by atoms with Crippen LogP contribution < -0.4 is 10.6 Å². The van der Waals surface area contributed by atoms with Crippen LogP contribution in [0.4, 0.5) is 11.5 Å². The molecule has 2 N–H and O–H groups in total. The van der Waals surface area contributed by atoms with Gasteiger partial charge in [0, 0.05) is 24.1 Å². The zero-order valence-electron chi connectivity index (χ0n) is 12.1. The largest absolute Gasteiger partial charge is 0.369 e. The van der Waals surface area contributed by atoms with E-state index in [0.717, 1.165) is 34.4 Å². The Morgan fingerprint density at radius 1 is 1.24 bits per heavy atom. The predicted molar refractivity (Wildman–Crippen MR) is 85.7 cm³/mol. The van der Waals surface area contributed by atoms with E-state index >= 15 is 0 Å². The van der Waals surface area contributed by atoms with Crippen LogP contribution in [0.5, 0.6) is 0 Å². The van der Waals surface area contributed by atoms with Gasteiger partial charge in [0.1, 0.15) is 10.8 Å². The van der Waals surface area contributed by atoms with Gasteiger partial charge in [-0.15, -0.1) is 0 Å². The lowest BCUT2D eigenvalue weighted by Crippen LogP contribution is -2.05. The van der Waals surface area contributed by atoms with E-state index in [1.165, 1.54) is 18.7 Å². The Bertz CT molecular complexity index is 601. The summed E-state index contributed by atoms with van der Waals surface area (Å²) in [5, 5.41) is 6.80. The van der Waals surface area contributed by atoms with E-state index in [1.807, 2.05) is 24.3 Å². The van der Waals surface area contributed by atoms with Crippen LogP contribution in [-0.4, -0.2) is 22.4 Å². The van der Waals surface area contributed by atoms with Crippen molar-refractivity contribution < 1.29 is 4.79 Å². The van der Waals surface area contributed by atoms with E-state index in [0.29, 0.717) is 0 Å². The summed E-state index contributed by atoms with van der Waals surface area (Å²) in [6.07, 6.45) is 4.51. The molecule has 0 unspecified atom stereocenters. The fourth-order valence-corrected chi connectivity index (χ4v) is 2.44. The van der Waals surface area contributed by atoms with Gasteiger partial charge in [0.2, 0.25) is 5.91 Å². The van der Waals surface area contributed by atoms with Crippen molar-refractivity contribution in [1.29, 1.82) is 0 Å². The second-order valence-electron chi connectivity index (χ2n) is 4.48. The van der Waals surface area contributed by atoms with E-state index in [9.17, 15) is 4.79 Å². The van der Waals surface area contributed by atoms with E-state index in [-0.39, 0.29) is 5.91 Å². The first-order valence-electron chi connectivity index (χ1n) is 6.79. The lowest BCUT2D eigenvalue weighted by atomic mass is 10.3. The lowest BCUT2D eigenvalue weighted by Gasteiger charge is -2.06. The summed E-state index contributed by atoms with van der Waals surface area (Å²) in [5.41, 5.74) is 0.788. The molecule has 0 aliphatic heterocycles. The first-order valence-corrected chi connectivity index (χ1v) is 7.60. The van der Waals surface area contributed by atoms with Crippen LogP contribution >= 0.6 is 11.8 Å². The Morgan fingerprint density at radius 2 is 2.00 bits per heavy atom. The summed E-state index contributed by atoms with van der Waals surface area (Å²) in [6, 6.07) is 7.64. The first-order chi connectivity index (χ1) is 10.2. The SMILES string of the molecule is CCCNc1cncc(Sc2ccc(NC(C)=O)cc2)n1. The van der Waals surface area contributed by atoms with Gasteiger partial charge in [-0.2, -0.15) is 0 Å². The van der Waals surface area contributed by atoms with Crippen molar-refractivity contribution >= 4 is 29.2 Å². The van der Waals surface area contributed by atoms with Gasteiger partial charge in [0.05, 0.1) is 12.4 Å². The third kappa shape index (κ3) is 5.07. The molecule has 0 bridgehead atoms. The van der Waals surface area contributed by atoms with Crippen LogP contribution in [-0.2, 0) is 4.79 Å². The molecule has 0 spiro atoms. The van der Waals surface area contributed by atoms with Gasteiger partial charge in [-0.25, -0.2) is 4.98 Å². The molecule has 1 aromatic heterocycles. The third-order valence-electron chi connectivity index (χ3n) is 2.57. The van der Waals surface area contributed by atoms with Crippen molar-refractivity contribution in [1.82, 2.24) is 9.97 Å². The Kier molecular flexibility index (Phi) is 5.57. The topological polar surface area (TPSA) is 66.9 Å². The molecule has 0 saturated carbocycles. The Labute approximate surface area is 128 Å². The maximum atomic E-state index is 11.0. The fourth-order valence-electron chi connectivity index (χ4n) is 1.67. The summed E-state index contributed by atoms with van der Waals surface area (Å²) in [7, 11) is 0. The number of hydrogen-bond acceptors (Lipinski definition) is 5. The fraction of sp³-hybridized carbons (Fsp3) is 0.267. The summed E-state index contributed by atoms with van der Waals surface area (Å²) in [6.45, 7) is 4.48. The highest BCUT2D eigenvalue weighted by Crippen LogP contribution is 2.27. The average Bonchev–Trinajstić information content (AvgIpc) is 2.47. The van der Waals surface area contributed by atoms with Crippen molar-refractivity contribution in [3.8, 4) is 0 Å². The van der Waals surface area contributed by atoms with E-state index < -0.39 is 0 Å². The Hall–Kier alpha value is -2.08. The van der Waals surface area contributed by atoms with Crippen LogP contribution in [0.3, 0.4) is 0 Å². The van der Waals surface area contributed by atoms with Crippen LogP contribution in [0.15, 0.2) is 46.6 Å². The molecule has 0 fully saturated rings. The molecule has 2 aromatic rings. The van der Waals surface area contributed by atoms with Gasteiger partial charge >= 0.3 is 0 Å². The van der Waals surface area contributed by atoms with Crippen LogP contribution in [0.1, 0.15) is 20.3 Å². The van der Waals surface area contributed by atoms with E-state index in [2.05, 4.69) is 27.5 Å². The van der Waals surface area contributed by atoms with E-state index in [1.54, 1.807) is 12.4 Å². The Morgan fingerprint density at radius 3 is 2.67 bits per heavy atom. The molecule has 0 radical (unpaired) electrons. The van der Waals surface area contributed by atoms with Crippen molar-refractivity contribution in [2.24, 2.45) is 0 Å². The molecule has 6 heteroatoms. The molecule has 110 valence electrons. The number of nitrogens with one attached hydrogen (secondary N) is 2. The third-order valence-corrected chi connectivity index (χ3v) is 3.48. The number of aromatic nitrogens is 2. The molecule has 1 heterocycles. The number of nitrogens with zero attached hydrogens (tertiary/aromatic N) is 2. The molecule has 21 heavy (non-hydrogen) atoms. The van der Waals surface area contributed by atoms with E-state index in [4.69, 9.17) is 0 Å². The molecule has 0 saturated heterocycles. The molecule has 1 amide bonds. The quantitative estimate of drug-likeness (QED) is 0.856. The minimum atomic E-state index is -0.0732. The molecule has 0 aliphatic rings. The van der Waals surface area contributed by atoms with Gasteiger partial charge in [-0.3, -0.25) is 9.78 Å². The Balaban J connectivity index is 2.02. The maximum absolute atomic E-state index is 11.0. The van der Waals surface area contributed by atoms with Crippen LogP contribution in [0.2, 0.25) is 0 Å². The van der Waals surface area contributed by atoms with Gasteiger partial charge < -0.3 is 10.6 Å². The van der Waals surface area contributed by atoms with Crippen molar-refractivity contribution in [2.75, 3.05) is 17.2 Å². The van der Waals surface area contributed by atoms with Gasteiger partial charge in [0.25, 0.3) is 0 Å². The molecule has 1 aromatic carbocycles. The van der Waals surface area contributed by atoms with Gasteiger partial charge in [-0.05, 0) is 30.7 Å². The lowest BCUT2D eigenvalue weighted by molar-refractivity contribution is -0.114. The van der Waals surface area contributed by atoms with Crippen molar-refractivity contribution in [3.05, 3.63) is 36.7 Å². The number of benzene rings is 1. The average molecular weight is 302 g/mol. The number of carbonyl (C=O) groups excluding carboxylic acids is 1. The smallest absolute Gasteiger partial charge is 0.221 e. The zero-order valence-corrected chi connectivity index (χ0v) is 12.9. The summed E-state index contributed by atoms with van der Waals surface area (Å²) in [4.78, 5) is 20.7. The second kappa shape index (κ2) is 7.64. The first kappa shape index (κ1) is 15.3.